The van der Waals surface area contributed by atoms with Crippen LogP contribution in [0.25, 0.3) is 16.6 Å². The van der Waals surface area contributed by atoms with Crippen LogP contribution in [-0.4, -0.2) is 41.8 Å². The summed E-state index contributed by atoms with van der Waals surface area (Å²) in [6.07, 6.45) is 9.33. The van der Waals surface area contributed by atoms with Crippen LogP contribution in [0.15, 0.2) is 88.6 Å². The van der Waals surface area contributed by atoms with Crippen molar-refractivity contribution in [2.24, 2.45) is 22.1 Å². The molecule has 1 atom stereocenters. The van der Waals surface area contributed by atoms with Crippen molar-refractivity contribution in [2.75, 3.05) is 24.7 Å². The second-order valence-corrected chi connectivity index (χ2v) is 9.20. The number of rotatable bonds is 5. The lowest BCUT2D eigenvalue weighted by Crippen LogP contribution is -2.37. The normalized spacial score (nSPS) is 19.7. The monoisotopic (exact) mass is 479 g/mol. The molecule has 180 valence electrons. The summed E-state index contributed by atoms with van der Waals surface area (Å²) in [5, 5.41) is 16.2. The Balaban J connectivity index is 1.35. The van der Waals surface area contributed by atoms with Gasteiger partial charge in [-0.1, -0.05) is 54.6 Å². The summed E-state index contributed by atoms with van der Waals surface area (Å²) in [6.45, 7) is 2.00. The number of benzene rings is 2. The highest BCUT2D eigenvalue weighted by molar-refractivity contribution is 6.12. The highest BCUT2D eigenvalue weighted by Gasteiger charge is 2.29. The van der Waals surface area contributed by atoms with Gasteiger partial charge in [-0.3, -0.25) is 14.7 Å². The van der Waals surface area contributed by atoms with E-state index in [0.717, 1.165) is 40.6 Å². The van der Waals surface area contributed by atoms with E-state index in [-0.39, 0.29) is 11.8 Å². The zero-order valence-corrected chi connectivity index (χ0v) is 19.6. The maximum Gasteiger partial charge on any atom is 0.279 e. The first kappa shape index (κ1) is 22.3. The van der Waals surface area contributed by atoms with Crippen LogP contribution in [0.4, 0.5) is 5.69 Å². The molecule has 1 aromatic heterocycles. The average Bonchev–Trinajstić information content (AvgIpc) is 3.37. The van der Waals surface area contributed by atoms with Crippen LogP contribution in [0, 0.1) is 11.8 Å². The van der Waals surface area contributed by atoms with Gasteiger partial charge in [0.2, 0.25) is 0 Å². The molecule has 0 saturated carbocycles. The molecule has 0 spiro atoms. The quantitative estimate of drug-likeness (QED) is 0.551. The van der Waals surface area contributed by atoms with Gasteiger partial charge in [-0.25, -0.2) is 0 Å². The predicted octanol–water partition coefficient (Wildman–Crippen LogP) is 5.08. The van der Waals surface area contributed by atoms with E-state index in [9.17, 15) is 9.59 Å². The summed E-state index contributed by atoms with van der Waals surface area (Å²) in [4.78, 5) is 27.8. The SMILES string of the molecule is O=C1N=NC(c2ccc(N(CC3CCOCC3)C(=O)c3n[nH]c4ccccc34)cc2)=C2C=CC=CC12. The van der Waals surface area contributed by atoms with Crippen molar-refractivity contribution in [3.05, 3.63) is 89.7 Å². The number of azo groups is 1. The van der Waals surface area contributed by atoms with Crippen LogP contribution < -0.4 is 4.90 Å². The number of hydrogen-bond acceptors (Lipinski definition) is 5. The van der Waals surface area contributed by atoms with Gasteiger partial charge < -0.3 is 9.64 Å². The summed E-state index contributed by atoms with van der Waals surface area (Å²) in [6, 6.07) is 15.4. The molecule has 1 aliphatic carbocycles. The molecule has 8 heteroatoms. The van der Waals surface area contributed by atoms with Crippen LogP contribution in [0.2, 0.25) is 0 Å². The molecule has 2 aromatic carbocycles. The number of aromatic nitrogens is 2. The van der Waals surface area contributed by atoms with E-state index in [1.807, 2.05) is 77.7 Å². The molecule has 1 fully saturated rings. The van der Waals surface area contributed by atoms with Crippen LogP contribution in [0.1, 0.15) is 28.9 Å². The summed E-state index contributed by atoms with van der Waals surface area (Å²) in [5.74, 6) is -0.458. The smallest absolute Gasteiger partial charge is 0.279 e. The zero-order chi connectivity index (χ0) is 24.5. The fraction of sp³-hybridized carbons (Fsp3) is 0.250. The predicted molar refractivity (Wildman–Crippen MR) is 136 cm³/mol. The number of aromatic amines is 1. The number of carbonyl (C=O) groups excluding carboxylic acids is 2. The van der Waals surface area contributed by atoms with E-state index in [1.165, 1.54) is 0 Å². The Labute approximate surface area is 208 Å². The average molecular weight is 480 g/mol. The molecule has 3 aliphatic rings. The lowest BCUT2D eigenvalue weighted by molar-refractivity contribution is -0.119. The molecule has 2 aliphatic heterocycles. The third-order valence-corrected chi connectivity index (χ3v) is 6.97. The molecule has 36 heavy (non-hydrogen) atoms. The number of nitrogens with zero attached hydrogens (tertiary/aromatic N) is 4. The molecule has 8 nitrogen and oxygen atoms in total. The van der Waals surface area contributed by atoms with Gasteiger partial charge >= 0.3 is 0 Å². The first-order valence-corrected chi connectivity index (χ1v) is 12.2. The number of nitrogens with one attached hydrogen (secondary N) is 1. The Hall–Kier alpha value is -4.17. The first-order valence-electron chi connectivity index (χ1n) is 12.2. The molecule has 1 saturated heterocycles. The highest BCUT2D eigenvalue weighted by Crippen LogP contribution is 2.35. The summed E-state index contributed by atoms with van der Waals surface area (Å²) in [7, 11) is 0. The van der Waals surface area contributed by atoms with E-state index < -0.39 is 5.92 Å². The molecule has 3 aromatic rings. The van der Waals surface area contributed by atoms with Gasteiger partial charge in [0.25, 0.3) is 11.8 Å². The summed E-state index contributed by atoms with van der Waals surface area (Å²) >= 11 is 0. The number of H-pyrrole nitrogens is 1. The van der Waals surface area contributed by atoms with Gasteiger partial charge in [0.05, 0.1) is 17.1 Å². The van der Waals surface area contributed by atoms with Gasteiger partial charge in [0.1, 0.15) is 0 Å². The molecule has 1 N–H and O–H groups in total. The second-order valence-electron chi connectivity index (χ2n) is 9.20. The van der Waals surface area contributed by atoms with Crippen molar-refractivity contribution < 1.29 is 14.3 Å². The minimum absolute atomic E-state index is 0.142. The topological polar surface area (TPSA) is 100 Å². The van der Waals surface area contributed by atoms with E-state index in [1.54, 1.807) is 0 Å². The van der Waals surface area contributed by atoms with Gasteiger partial charge in [-0.2, -0.15) is 5.10 Å². The number of fused-ring (bicyclic) bond motifs is 2. The molecule has 0 bridgehead atoms. The minimum atomic E-state index is -0.401. The summed E-state index contributed by atoms with van der Waals surface area (Å²) in [5.41, 5.74) is 4.38. The van der Waals surface area contributed by atoms with E-state index in [0.29, 0.717) is 37.1 Å². The molecule has 1 unspecified atom stereocenters. The molecule has 2 amide bonds. The van der Waals surface area contributed by atoms with Crippen molar-refractivity contribution in [1.82, 2.24) is 10.2 Å². The van der Waals surface area contributed by atoms with Crippen molar-refractivity contribution in [1.29, 1.82) is 0 Å². The van der Waals surface area contributed by atoms with Gasteiger partial charge in [-0.15, -0.1) is 10.2 Å². The van der Waals surface area contributed by atoms with Crippen LogP contribution in [-0.2, 0) is 9.53 Å². The van der Waals surface area contributed by atoms with Crippen LogP contribution in [0.3, 0.4) is 0 Å². The fourth-order valence-corrected chi connectivity index (χ4v) is 4.97. The Morgan fingerprint density at radius 2 is 1.83 bits per heavy atom. The Bertz CT molecular complexity index is 1440. The lowest BCUT2D eigenvalue weighted by atomic mass is 9.89. The Kier molecular flexibility index (Phi) is 5.87. The van der Waals surface area contributed by atoms with E-state index in [4.69, 9.17) is 4.74 Å². The standard InChI is InChI=1S/C28H25N5O3/c34-27-22-6-2-1-5-21(22)25(30-32-27)19-9-11-20(12-10-19)33(17-18-13-15-36-16-14-18)28(35)26-23-7-3-4-8-24(23)29-31-26/h1-12,18,22H,13-17H2,(H,29,31). The van der Waals surface area contributed by atoms with Crippen molar-refractivity contribution in [3.8, 4) is 0 Å². The lowest BCUT2D eigenvalue weighted by Gasteiger charge is -2.30. The fourth-order valence-electron chi connectivity index (χ4n) is 4.97. The van der Waals surface area contributed by atoms with E-state index >= 15 is 0 Å². The second kappa shape index (κ2) is 9.47. The largest absolute Gasteiger partial charge is 0.381 e. The van der Waals surface area contributed by atoms with Gasteiger partial charge in [0.15, 0.2) is 5.69 Å². The number of carbonyl (C=O) groups is 2. The number of allylic oxidation sites excluding steroid dienone is 3. The Morgan fingerprint density at radius 1 is 1.03 bits per heavy atom. The van der Waals surface area contributed by atoms with Crippen molar-refractivity contribution in [2.45, 2.75) is 12.8 Å². The Morgan fingerprint density at radius 3 is 2.67 bits per heavy atom. The molecule has 6 rings (SSSR count). The van der Waals surface area contributed by atoms with Gasteiger partial charge in [0, 0.05) is 36.4 Å². The number of para-hydroxylation sites is 1. The highest BCUT2D eigenvalue weighted by atomic mass is 16.5. The minimum Gasteiger partial charge on any atom is -0.381 e. The number of amides is 2. The van der Waals surface area contributed by atoms with Crippen molar-refractivity contribution in [3.63, 3.8) is 0 Å². The van der Waals surface area contributed by atoms with Gasteiger partial charge in [-0.05, 0) is 42.5 Å². The molecule has 0 radical (unpaired) electrons. The molecule has 3 heterocycles. The maximum absolute atomic E-state index is 13.8. The van der Waals surface area contributed by atoms with Crippen LogP contribution >= 0.6 is 0 Å². The summed E-state index contributed by atoms with van der Waals surface area (Å²) < 4.78 is 5.53. The molecular weight excluding hydrogens is 454 g/mol. The zero-order valence-electron chi connectivity index (χ0n) is 19.6. The first-order chi connectivity index (χ1) is 17.7. The third-order valence-electron chi connectivity index (χ3n) is 6.97. The number of anilines is 1. The molecular formula is C28H25N5O3. The van der Waals surface area contributed by atoms with E-state index in [2.05, 4.69) is 20.4 Å². The number of ether oxygens (including phenoxy) is 1. The number of hydrogen-bond donors (Lipinski definition) is 1. The van der Waals surface area contributed by atoms with Crippen molar-refractivity contribution >= 4 is 34.1 Å². The third kappa shape index (κ3) is 4.09. The van der Waals surface area contributed by atoms with Crippen LogP contribution in [0.5, 0.6) is 0 Å². The maximum atomic E-state index is 13.8.